The Kier molecular flexibility index (Phi) is 5.93. The summed E-state index contributed by atoms with van der Waals surface area (Å²) in [6, 6.07) is 13.7. The van der Waals surface area contributed by atoms with E-state index < -0.39 is 10.0 Å². The van der Waals surface area contributed by atoms with E-state index in [-0.39, 0.29) is 10.8 Å². The number of hydrogen-bond acceptors (Lipinski definition) is 4. The number of sulfonamides is 1. The summed E-state index contributed by atoms with van der Waals surface area (Å²) >= 11 is 0. The van der Waals surface area contributed by atoms with Gasteiger partial charge in [0.2, 0.25) is 15.9 Å². The summed E-state index contributed by atoms with van der Waals surface area (Å²) in [7, 11) is -1.95. The smallest absolute Gasteiger partial charge is 0.248 e. The number of anilines is 1. The molecule has 0 aromatic heterocycles. The Morgan fingerprint density at radius 1 is 1.11 bits per heavy atom. The number of para-hydroxylation sites is 1. The molecule has 0 atom stereocenters. The maximum Gasteiger partial charge on any atom is 0.248 e. The van der Waals surface area contributed by atoms with Crippen molar-refractivity contribution in [2.45, 2.75) is 17.7 Å². The standard InChI is InChI=1S/C20H22N2O4S/c1-26-19-10-3-2-7-16(19)11-12-20(23)21-17-8-6-9-18(15-17)27(24,25)22-13-4-5-14-22/h2-3,6-12,15H,4-5,13-14H2,1H3,(H,21,23). The number of nitrogens with one attached hydrogen (secondary N) is 1. The van der Waals surface area contributed by atoms with Crippen LogP contribution in [0.25, 0.3) is 6.08 Å². The first kappa shape index (κ1) is 19.1. The van der Waals surface area contributed by atoms with Crippen molar-refractivity contribution in [1.82, 2.24) is 4.31 Å². The number of amides is 1. The Hall–Kier alpha value is -2.64. The molecule has 1 aliphatic heterocycles. The van der Waals surface area contributed by atoms with Crippen LogP contribution < -0.4 is 10.1 Å². The van der Waals surface area contributed by atoms with Crippen molar-refractivity contribution in [2.75, 3.05) is 25.5 Å². The van der Waals surface area contributed by atoms with Crippen LogP contribution in [0, 0.1) is 0 Å². The van der Waals surface area contributed by atoms with Gasteiger partial charge >= 0.3 is 0 Å². The molecule has 6 nitrogen and oxygen atoms in total. The lowest BCUT2D eigenvalue weighted by atomic mass is 10.2. The minimum absolute atomic E-state index is 0.191. The molecule has 0 bridgehead atoms. The molecule has 3 rings (SSSR count). The van der Waals surface area contributed by atoms with Crippen molar-refractivity contribution in [3.05, 3.63) is 60.2 Å². The maximum absolute atomic E-state index is 12.6. The summed E-state index contributed by atoms with van der Waals surface area (Å²) in [6.45, 7) is 1.08. The third-order valence-electron chi connectivity index (χ3n) is 4.36. The van der Waals surface area contributed by atoms with Gasteiger partial charge in [0.15, 0.2) is 0 Å². The average Bonchev–Trinajstić information content (AvgIpc) is 3.22. The molecule has 0 radical (unpaired) electrons. The van der Waals surface area contributed by atoms with Crippen LogP contribution in [0.4, 0.5) is 5.69 Å². The van der Waals surface area contributed by atoms with Crippen LogP contribution in [-0.4, -0.2) is 38.8 Å². The van der Waals surface area contributed by atoms with Crippen LogP contribution >= 0.6 is 0 Å². The average molecular weight is 386 g/mol. The van der Waals surface area contributed by atoms with Crippen molar-refractivity contribution in [2.24, 2.45) is 0 Å². The van der Waals surface area contributed by atoms with E-state index in [4.69, 9.17) is 4.74 Å². The SMILES string of the molecule is COc1ccccc1C=CC(=O)Nc1cccc(S(=O)(=O)N2CCCC2)c1. The largest absolute Gasteiger partial charge is 0.496 e. The quantitative estimate of drug-likeness (QED) is 0.774. The number of ether oxygens (including phenoxy) is 1. The number of carbonyl (C=O) groups excluding carboxylic acids is 1. The highest BCUT2D eigenvalue weighted by molar-refractivity contribution is 7.89. The molecule has 1 fully saturated rings. The molecule has 1 N–H and O–H groups in total. The Balaban J connectivity index is 1.72. The molecule has 1 saturated heterocycles. The third kappa shape index (κ3) is 4.56. The summed E-state index contributed by atoms with van der Waals surface area (Å²) in [4.78, 5) is 12.4. The number of nitrogens with zero attached hydrogens (tertiary/aromatic N) is 1. The van der Waals surface area contributed by atoms with Gasteiger partial charge in [0.25, 0.3) is 0 Å². The number of benzene rings is 2. The highest BCUT2D eigenvalue weighted by atomic mass is 32.2. The van der Waals surface area contributed by atoms with Gasteiger partial charge in [-0.25, -0.2) is 8.42 Å². The van der Waals surface area contributed by atoms with E-state index >= 15 is 0 Å². The lowest BCUT2D eigenvalue weighted by molar-refractivity contribution is -0.111. The number of methoxy groups -OCH3 is 1. The van der Waals surface area contributed by atoms with E-state index in [0.717, 1.165) is 18.4 Å². The lowest BCUT2D eigenvalue weighted by Crippen LogP contribution is -2.27. The summed E-state index contributed by atoms with van der Waals surface area (Å²) in [6.07, 6.45) is 4.80. The maximum atomic E-state index is 12.6. The first-order valence-corrected chi connectivity index (χ1v) is 10.2. The second kappa shape index (κ2) is 8.37. The monoisotopic (exact) mass is 386 g/mol. The highest BCUT2D eigenvalue weighted by Gasteiger charge is 2.27. The molecule has 2 aromatic carbocycles. The van der Waals surface area contributed by atoms with Gasteiger partial charge in [-0.1, -0.05) is 24.3 Å². The fraction of sp³-hybridized carbons (Fsp3) is 0.250. The molecule has 0 aliphatic carbocycles. The van der Waals surface area contributed by atoms with E-state index in [1.807, 2.05) is 24.3 Å². The zero-order valence-corrected chi connectivity index (χ0v) is 15.9. The summed E-state index contributed by atoms with van der Waals surface area (Å²) in [5, 5.41) is 2.70. The molecule has 1 amide bonds. The van der Waals surface area contributed by atoms with Crippen molar-refractivity contribution in [1.29, 1.82) is 0 Å². The van der Waals surface area contributed by atoms with Crippen molar-refractivity contribution in [3.8, 4) is 5.75 Å². The van der Waals surface area contributed by atoms with E-state index in [2.05, 4.69) is 5.32 Å². The van der Waals surface area contributed by atoms with Crippen LogP contribution in [0.15, 0.2) is 59.5 Å². The van der Waals surface area contributed by atoms with Gasteiger partial charge in [0.05, 0.1) is 12.0 Å². The zero-order valence-electron chi connectivity index (χ0n) is 15.1. The second-order valence-corrected chi connectivity index (χ2v) is 8.14. The van der Waals surface area contributed by atoms with E-state index in [1.54, 1.807) is 31.4 Å². The minimum Gasteiger partial charge on any atom is -0.496 e. The van der Waals surface area contributed by atoms with E-state index in [0.29, 0.717) is 24.5 Å². The third-order valence-corrected chi connectivity index (χ3v) is 6.25. The molecule has 142 valence electrons. The molecule has 7 heteroatoms. The summed E-state index contributed by atoms with van der Waals surface area (Å²) < 4.78 is 32.0. The van der Waals surface area contributed by atoms with Crippen LogP contribution in [0.1, 0.15) is 18.4 Å². The Labute approximate surface area is 159 Å². The molecule has 1 heterocycles. The fourth-order valence-corrected chi connectivity index (χ4v) is 4.53. The number of rotatable bonds is 6. The molecule has 0 unspecified atom stereocenters. The highest BCUT2D eigenvalue weighted by Crippen LogP contribution is 2.23. The first-order valence-electron chi connectivity index (χ1n) is 8.73. The predicted molar refractivity (Wildman–Crippen MR) is 105 cm³/mol. The van der Waals surface area contributed by atoms with Gasteiger partial charge < -0.3 is 10.1 Å². The normalized spacial score (nSPS) is 15.1. The minimum atomic E-state index is -3.51. The number of hydrogen-bond donors (Lipinski definition) is 1. The van der Waals surface area contributed by atoms with Crippen LogP contribution in [0.2, 0.25) is 0 Å². The van der Waals surface area contributed by atoms with Crippen LogP contribution in [0.5, 0.6) is 5.75 Å². The molecule has 1 aliphatic rings. The van der Waals surface area contributed by atoms with Crippen molar-refractivity contribution < 1.29 is 17.9 Å². The van der Waals surface area contributed by atoms with Gasteiger partial charge in [-0.2, -0.15) is 4.31 Å². The topological polar surface area (TPSA) is 75.7 Å². The van der Waals surface area contributed by atoms with Gasteiger partial charge in [-0.05, 0) is 43.2 Å². The van der Waals surface area contributed by atoms with Gasteiger partial charge in [0, 0.05) is 30.4 Å². The molecule has 2 aromatic rings. The molecular formula is C20H22N2O4S. The predicted octanol–water partition coefficient (Wildman–Crippen LogP) is 3.13. The number of carbonyl (C=O) groups is 1. The lowest BCUT2D eigenvalue weighted by Gasteiger charge is -2.16. The molecule has 0 spiro atoms. The molecule has 27 heavy (non-hydrogen) atoms. The van der Waals surface area contributed by atoms with Crippen molar-refractivity contribution in [3.63, 3.8) is 0 Å². The second-order valence-electron chi connectivity index (χ2n) is 6.20. The van der Waals surface area contributed by atoms with E-state index in [1.165, 1.54) is 16.4 Å². The summed E-state index contributed by atoms with van der Waals surface area (Å²) in [5.74, 6) is 0.317. The summed E-state index contributed by atoms with van der Waals surface area (Å²) in [5.41, 5.74) is 1.21. The van der Waals surface area contributed by atoms with Crippen LogP contribution in [0.3, 0.4) is 0 Å². The zero-order chi connectivity index (χ0) is 19.3. The van der Waals surface area contributed by atoms with Crippen LogP contribution in [-0.2, 0) is 14.8 Å². The Bertz CT molecular complexity index is 948. The van der Waals surface area contributed by atoms with E-state index in [9.17, 15) is 13.2 Å². The fourth-order valence-electron chi connectivity index (χ4n) is 2.97. The van der Waals surface area contributed by atoms with Gasteiger partial charge in [-0.15, -0.1) is 0 Å². The molecule has 0 saturated carbocycles. The Morgan fingerprint density at radius 3 is 2.59 bits per heavy atom. The first-order chi connectivity index (χ1) is 13.0. The Morgan fingerprint density at radius 2 is 1.85 bits per heavy atom. The van der Waals surface area contributed by atoms with Gasteiger partial charge in [-0.3, -0.25) is 4.79 Å². The molecular weight excluding hydrogens is 364 g/mol. The van der Waals surface area contributed by atoms with Gasteiger partial charge in [0.1, 0.15) is 5.75 Å². The van der Waals surface area contributed by atoms with Crippen molar-refractivity contribution >= 4 is 27.7 Å².